The van der Waals surface area contributed by atoms with Crippen LogP contribution >= 0.6 is 0 Å². The van der Waals surface area contributed by atoms with Crippen LogP contribution < -0.4 is 5.14 Å². The topological polar surface area (TPSA) is 87.2 Å². The molecule has 1 aliphatic carbocycles. The zero-order valence-corrected chi connectivity index (χ0v) is 10.8. The van der Waals surface area contributed by atoms with E-state index >= 15 is 0 Å². The fraction of sp³-hybridized carbons (Fsp3) is 0.700. The van der Waals surface area contributed by atoms with Crippen molar-refractivity contribution >= 4 is 10.0 Å². The van der Waals surface area contributed by atoms with Crippen LogP contribution in [0, 0.1) is 0 Å². The van der Waals surface area contributed by atoms with Crippen molar-refractivity contribution in [3.63, 3.8) is 0 Å². The molecule has 17 heavy (non-hydrogen) atoms. The number of nitrogens with zero attached hydrogens (tertiary/aromatic N) is 2. The Balaban J connectivity index is 2.49. The minimum absolute atomic E-state index is 0.0988. The maximum atomic E-state index is 11.3. The van der Waals surface area contributed by atoms with Crippen molar-refractivity contribution in [1.29, 1.82) is 0 Å². The van der Waals surface area contributed by atoms with Gasteiger partial charge in [0.2, 0.25) is 0 Å². The molecule has 1 saturated carbocycles. The van der Waals surface area contributed by atoms with Crippen molar-refractivity contribution in [2.24, 2.45) is 12.2 Å². The van der Waals surface area contributed by atoms with E-state index in [4.69, 9.17) is 9.88 Å². The van der Waals surface area contributed by atoms with E-state index in [1.807, 2.05) is 0 Å². The van der Waals surface area contributed by atoms with Gasteiger partial charge in [-0.25, -0.2) is 13.6 Å². The SMILES string of the molecule is COC1(c2cc(S(N)(=O)=O)nn2C)CCCC1. The number of ether oxygens (including phenoxy) is 1. The highest BCUT2D eigenvalue weighted by Crippen LogP contribution is 2.41. The summed E-state index contributed by atoms with van der Waals surface area (Å²) in [5, 5.41) is 8.92. The molecular weight excluding hydrogens is 242 g/mol. The van der Waals surface area contributed by atoms with E-state index in [9.17, 15) is 8.42 Å². The molecule has 1 fully saturated rings. The monoisotopic (exact) mass is 259 g/mol. The third-order valence-electron chi connectivity index (χ3n) is 3.42. The Labute approximate surface area is 101 Å². The molecule has 0 bridgehead atoms. The first-order chi connectivity index (χ1) is 7.89. The van der Waals surface area contributed by atoms with Gasteiger partial charge in [-0.3, -0.25) is 4.68 Å². The largest absolute Gasteiger partial charge is 0.372 e. The zero-order chi connectivity index (χ0) is 12.7. The summed E-state index contributed by atoms with van der Waals surface area (Å²) in [6.07, 6.45) is 3.91. The number of primary sulfonamides is 1. The molecule has 2 rings (SSSR count). The molecule has 6 nitrogen and oxygen atoms in total. The number of rotatable bonds is 3. The molecule has 96 valence electrons. The Bertz CT molecular complexity index is 515. The average molecular weight is 259 g/mol. The van der Waals surface area contributed by atoms with Gasteiger partial charge >= 0.3 is 0 Å². The predicted molar refractivity (Wildman–Crippen MR) is 61.7 cm³/mol. The van der Waals surface area contributed by atoms with Crippen LogP contribution in [0.15, 0.2) is 11.1 Å². The Kier molecular flexibility index (Phi) is 3.01. The quantitative estimate of drug-likeness (QED) is 0.855. The van der Waals surface area contributed by atoms with Crippen LogP contribution in [0.2, 0.25) is 0 Å². The number of aryl methyl sites for hydroxylation is 1. The Morgan fingerprint density at radius 2 is 2.06 bits per heavy atom. The molecule has 0 spiro atoms. The molecule has 1 heterocycles. The second-order valence-corrected chi connectivity index (χ2v) is 5.95. The lowest BCUT2D eigenvalue weighted by molar-refractivity contribution is -0.0153. The molecule has 0 amide bonds. The van der Waals surface area contributed by atoms with Crippen molar-refractivity contribution < 1.29 is 13.2 Å². The molecule has 2 N–H and O–H groups in total. The average Bonchev–Trinajstić information content (AvgIpc) is 2.83. The van der Waals surface area contributed by atoms with Gasteiger partial charge in [0.05, 0.1) is 5.69 Å². The van der Waals surface area contributed by atoms with Gasteiger partial charge in [0.25, 0.3) is 10.0 Å². The highest BCUT2D eigenvalue weighted by atomic mass is 32.2. The fourth-order valence-electron chi connectivity index (χ4n) is 2.52. The van der Waals surface area contributed by atoms with E-state index < -0.39 is 15.6 Å². The van der Waals surface area contributed by atoms with E-state index in [1.54, 1.807) is 18.8 Å². The first-order valence-corrected chi connectivity index (χ1v) is 7.06. The van der Waals surface area contributed by atoms with Gasteiger partial charge in [-0.15, -0.1) is 0 Å². The van der Waals surface area contributed by atoms with Crippen LogP contribution in [0.3, 0.4) is 0 Å². The van der Waals surface area contributed by atoms with Crippen LogP contribution in [0.25, 0.3) is 0 Å². The zero-order valence-electron chi connectivity index (χ0n) is 10.0. The summed E-state index contributed by atoms with van der Waals surface area (Å²) in [5.41, 5.74) is 0.367. The van der Waals surface area contributed by atoms with E-state index in [1.165, 1.54) is 6.07 Å². The maximum absolute atomic E-state index is 11.3. The number of hydrogen-bond donors (Lipinski definition) is 1. The third kappa shape index (κ3) is 2.10. The van der Waals surface area contributed by atoms with E-state index in [-0.39, 0.29) is 5.03 Å². The Morgan fingerprint density at radius 1 is 1.47 bits per heavy atom. The Hall–Kier alpha value is -0.920. The molecule has 0 aliphatic heterocycles. The van der Waals surface area contributed by atoms with Crippen molar-refractivity contribution in [1.82, 2.24) is 9.78 Å². The maximum Gasteiger partial charge on any atom is 0.257 e. The van der Waals surface area contributed by atoms with Gasteiger partial charge in [0.1, 0.15) is 5.60 Å². The first kappa shape index (κ1) is 12.5. The van der Waals surface area contributed by atoms with E-state index in [0.29, 0.717) is 0 Å². The molecule has 1 aromatic rings. The fourth-order valence-corrected chi connectivity index (χ4v) is 3.03. The van der Waals surface area contributed by atoms with Gasteiger partial charge < -0.3 is 4.74 Å². The van der Waals surface area contributed by atoms with Crippen molar-refractivity contribution in [2.45, 2.75) is 36.3 Å². The summed E-state index contributed by atoms with van der Waals surface area (Å²) < 4.78 is 29.7. The second-order valence-electron chi connectivity index (χ2n) is 4.44. The molecule has 1 aromatic heterocycles. The molecule has 0 radical (unpaired) electrons. The molecule has 0 saturated heterocycles. The van der Waals surface area contributed by atoms with Gasteiger partial charge in [-0.05, 0) is 12.8 Å². The molecule has 7 heteroatoms. The summed E-state index contributed by atoms with van der Waals surface area (Å²) in [4.78, 5) is 0. The van der Waals surface area contributed by atoms with Gasteiger partial charge in [0.15, 0.2) is 5.03 Å². The van der Waals surface area contributed by atoms with Crippen molar-refractivity contribution in [3.05, 3.63) is 11.8 Å². The lowest BCUT2D eigenvalue weighted by Crippen LogP contribution is -2.27. The van der Waals surface area contributed by atoms with Crippen LogP contribution in [0.5, 0.6) is 0 Å². The summed E-state index contributed by atoms with van der Waals surface area (Å²) in [6.45, 7) is 0. The Morgan fingerprint density at radius 3 is 2.47 bits per heavy atom. The lowest BCUT2D eigenvalue weighted by Gasteiger charge is -2.27. The number of sulfonamides is 1. The lowest BCUT2D eigenvalue weighted by atomic mass is 9.97. The van der Waals surface area contributed by atoms with Crippen molar-refractivity contribution in [2.75, 3.05) is 7.11 Å². The second kappa shape index (κ2) is 4.08. The molecule has 1 aliphatic rings. The molecule has 0 unspecified atom stereocenters. The molecule has 0 atom stereocenters. The summed E-state index contributed by atoms with van der Waals surface area (Å²) in [5.74, 6) is 0. The standard InChI is InChI=1S/C10H17N3O3S/c1-13-8(7-9(12-13)17(11,14)15)10(16-2)5-3-4-6-10/h7H,3-6H2,1-2H3,(H2,11,14,15). The number of aromatic nitrogens is 2. The third-order valence-corrected chi connectivity index (χ3v) is 4.20. The van der Waals surface area contributed by atoms with E-state index in [0.717, 1.165) is 31.4 Å². The highest BCUT2D eigenvalue weighted by Gasteiger charge is 2.39. The van der Waals surface area contributed by atoms with E-state index in [2.05, 4.69) is 5.10 Å². The number of hydrogen-bond acceptors (Lipinski definition) is 4. The normalized spacial score (nSPS) is 19.7. The first-order valence-electron chi connectivity index (χ1n) is 5.51. The smallest absolute Gasteiger partial charge is 0.257 e. The minimum Gasteiger partial charge on any atom is -0.372 e. The van der Waals surface area contributed by atoms with Crippen molar-refractivity contribution in [3.8, 4) is 0 Å². The van der Waals surface area contributed by atoms with Gasteiger partial charge in [-0.2, -0.15) is 5.10 Å². The molecule has 0 aromatic carbocycles. The predicted octanol–water partition coefficient (Wildman–Crippen LogP) is 0.483. The van der Waals surface area contributed by atoms with Crippen LogP contribution in [0.1, 0.15) is 31.4 Å². The molecular formula is C10H17N3O3S. The van der Waals surface area contributed by atoms with Crippen LogP contribution in [-0.4, -0.2) is 25.3 Å². The number of nitrogens with two attached hydrogens (primary N) is 1. The summed E-state index contributed by atoms with van der Waals surface area (Å²) in [7, 11) is -0.397. The number of methoxy groups -OCH3 is 1. The minimum atomic E-state index is -3.76. The van der Waals surface area contributed by atoms with Gasteiger partial charge in [0, 0.05) is 20.2 Å². The highest BCUT2D eigenvalue weighted by molar-refractivity contribution is 7.89. The summed E-state index contributed by atoms with van der Waals surface area (Å²) in [6, 6.07) is 1.52. The summed E-state index contributed by atoms with van der Waals surface area (Å²) >= 11 is 0. The van der Waals surface area contributed by atoms with Crippen LogP contribution in [-0.2, 0) is 27.4 Å². The van der Waals surface area contributed by atoms with Gasteiger partial charge in [-0.1, -0.05) is 12.8 Å². The van der Waals surface area contributed by atoms with Crippen LogP contribution in [0.4, 0.5) is 0 Å².